The first-order chi connectivity index (χ1) is 21.5. The molecule has 0 saturated carbocycles. The number of aldehydes is 1. The Morgan fingerprint density at radius 2 is 1.60 bits per heavy atom. The number of hydrogen-bond donors (Lipinski definition) is 5. The molecule has 13 nitrogen and oxygen atoms in total. The van der Waals surface area contributed by atoms with Crippen LogP contribution in [0.2, 0.25) is 0 Å². The highest BCUT2D eigenvalue weighted by atomic mass is 16.4. The van der Waals surface area contributed by atoms with Gasteiger partial charge in [0.15, 0.2) is 0 Å². The Balaban J connectivity index is 2.06. The molecule has 0 saturated heterocycles. The average Bonchev–Trinajstić information content (AvgIpc) is 3.01. The molecule has 0 heterocycles. The molecular formula is C32H33N5O8. The number of carbonyl (C=O) groups excluding carboxylic acids is 5. The Labute approximate surface area is 259 Å². The number of nitrogens with zero attached hydrogens (tertiary/aromatic N) is 2. The Hall–Kier alpha value is -5.85. The number of hydrogen-bond acceptors (Lipinski definition) is 8. The number of carboxylic acids is 1. The molecule has 5 N–H and O–H groups in total. The molecule has 3 aromatic carbocycles. The van der Waals surface area contributed by atoms with Crippen molar-refractivity contribution in [3.63, 3.8) is 0 Å². The van der Waals surface area contributed by atoms with Gasteiger partial charge in [0.1, 0.15) is 24.7 Å². The second-order valence-electron chi connectivity index (χ2n) is 10.1. The van der Waals surface area contributed by atoms with E-state index in [2.05, 4.69) is 16.0 Å². The number of anilines is 2. The van der Waals surface area contributed by atoms with Gasteiger partial charge < -0.3 is 35.9 Å². The minimum atomic E-state index is -1.30. The zero-order chi connectivity index (χ0) is 33.1. The average molecular weight is 616 g/mol. The molecule has 0 aliphatic heterocycles. The molecule has 45 heavy (non-hydrogen) atoms. The number of phenols is 1. The molecule has 2 unspecified atom stereocenters. The van der Waals surface area contributed by atoms with Crippen LogP contribution in [0.15, 0.2) is 65.7 Å². The van der Waals surface area contributed by atoms with E-state index >= 15 is 0 Å². The lowest BCUT2D eigenvalue weighted by molar-refractivity contribution is -0.138. The summed E-state index contributed by atoms with van der Waals surface area (Å²) in [5, 5.41) is 26.7. The van der Waals surface area contributed by atoms with E-state index in [0.29, 0.717) is 58.3 Å². The van der Waals surface area contributed by atoms with Crippen molar-refractivity contribution in [2.45, 2.75) is 39.4 Å². The van der Waals surface area contributed by atoms with Gasteiger partial charge >= 0.3 is 5.97 Å². The van der Waals surface area contributed by atoms with Gasteiger partial charge in [-0.1, -0.05) is 30.3 Å². The Bertz CT molecular complexity index is 1600. The highest BCUT2D eigenvalue weighted by molar-refractivity contribution is 6.17. The fourth-order valence-corrected chi connectivity index (χ4v) is 4.52. The molecule has 0 spiro atoms. The minimum Gasteiger partial charge on any atom is -0.507 e. The standard InChI is InChI=1S/C32H33N5O8/c1-19-11-23(12-20(2)31(19)44)32(45)35-21(3)34-30(22-7-5-4-6-8-22)26-13-24(33-17-39)9-10-27(26)37(18-40)15-28(41)36-25(16-38)14-29(42)43/h4-13,16-18,21,25,44H,14-15H2,1-3H3,(H,33,39)(H,35,45)(H,36,41)(H,42,43)/b34-30-. The van der Waals surface area contributed by atoms with Crippen LogP contribution in [0, 0.1) is 13.8 Å². The Morgan fingerprint density at radius 1 is 0.933 bits per heavy atom. The number of carboxylic acid groups (broad SMARTS) is 1. The quantitative estimate of drug-likeness (QED) is 0.127. The van der Waals surface area contributed by atoms with Crippen LogP contribution >= 0.6 is 0 Å². The predicted molar refractivity (Wildman–Crippen MR) is 166 cm³/mol. The number of aromatic hydroxyl groups is 1. The Kier molecular flexibility index (Phi) is 11.6. The predicted octanol–water partition coefficient (Wildman–Crippen LogP) is 2.31. The summed E-state index contributed by atoms with van der Waals surface area (Å²) in [6, 6.07) is 15.2. The van der Waals surface area contributed by atoms with E-state index in [4.69, 9.17) is 10.1 Å². The fraction of sp³-hybridized carbons (Fsp3) is 0.219. The molecule has 3 aromatic rings. The number of carbonyl (C=O) groups is 6. The van der Waals surface area contributed by atoms with E-state index in [1.165, 1.54) is 12.1 Å². The van der Waals surface area contributed by atoms with Crippen LogP contribution in [-0.4, -0.2) is 71.6 Å². The molecule has 0 bridgehead atoms. The summed E-state index contributed by atoms with van der Waals surface area (Å²) in [4.78, 5) is 77.5. The van der Waals surface area contributed by atoms with E-state index in [0.717, 1.165) is 4.90 Å². The lowest BCUT2D eigenvalue weighted by Gasteiger charge is -2.23. The van der Waals surface area contributed by atoms with Crippen molar-refractivity contribution in [1.82, 2.24) is 10.6 Å². The van der Waals surface area contributed by atoms with Crippen LogP contribution in [-0.2, 0) is 24.0 Å². The first-order valence-electron chi connectivity index (χ1n) is 13.7. The molecule has 2 atom stereocenters. The van der Waals surface area contributed by atoms with Crippen molar-refractivity contribution in [1.29, 1.82) is 0 Å². The second-order valence-corrected chi connectivity index (χ2v) is 10.1. The lowest BCUT2D eigenvalue weighted by atomic mass is 9.99. The summed E-state index contributed by atoms with van der Waals surface area (Å²) in [7, 11) is 0. The zero-order valence-corrected chi connectivity index (χ0v) is 24.8. The van der Waals surface area contributed by atoms with Crippen LogP contribution in [0.3, 0.4) is 0 Å². The molecule has 0 aliphatic rings. The number of phenolic OH excluding ortho intramolecular Hbond substituents is 1. The summed E-state index contributed by atoms with van der Waals surface area (Å²) in [6.45, 7) is 4.43. The summed E-state index contributed by atoms with van der Waals surface area (Å²) < 4.78 is 0. The lowest BCUT2D eigenvalue weighted by Crippen LogP contribution is -2.43. The molecule has 0 aliphatic carbocycles. The molecule has 0 aromatic heterocycles. The second kappa shape index (κ2) is 15.6. The SMILES string of the molecule is Cc1cc(C(=O)NC(C)/N=C(/c2ccccc2)c2cc(NC=O)ccc2N(C=O)CC(=O)NC(C=O)CC(=O)O)cc(C)c1O. The van der Waals surface area contributed by atoms with Crippen molar-refractivity contribution in [2.75, 3.05) is 16.8 Å². The number of rotatable bonds is 15. The number of benzene rings is 3. The number of aryl methyl sites for hydroxylation is 2. The van der Waals surface area contributed by atoms with Crippen molar-refractivity contribution < 1.29 is 39.0 Å². The van der Waals surface area contributed by atoms with Crippen molar-refractivity contribution in [3.8, 4) is 5.75 Å². The van der Waals surface area contributed by atoms with Gasteiger partial charge in [-0.25, -0.2) is 0 Å². The van der Waals surface area contributed by atoms with Crippen LogP contribution in [0.25, 0.3) is 0 Å². The number of aliphatic imine (C=N–C) groups is 1. The first-order valence-corrected chi connectivity index (χ1v) is 13.7. The molecule has 4 amide bonds. The summed E-state index contributed by atoms with van der Waals surface area (Å²) >= 11 is 0. The van der Waals surface area contributed by atoms with Crippen molar-refractivity contribution in [3.05, 3.63) is 88.5 Å². The first kappa shape index (κ1) is 33.6. The molecular weight excluding hydrogens is 582 g/mol. The third-order valence-corrected chi connectivity index (χ3v) is 6.60. The third kappa shape index (κ3) is 9.07. The normalized spacial score (nSPS) is 12.3. The van der Waals surface area contributed by atoms with Gasteiger partial charge in [-0.15, -0.1) is 0 Å². The molecule has 13 heteroatoms. The molecule has 234 valence electrons. The van der Waals surface area contributed by atoms with Gasteiger partial charge in [-0.3, -0.25) is 29.0 Å². The van der Waals surface area contributed by atoms with Gasteiger partial charge in [0, 0.05) is 22.4 Å². The summed E-state index contributed by atoms with van der Waals surface area (Å²) in [5.41, 5.74) is 3.12. The van der Waals surface area contributed by atoms with E-state index in [1.807, 2.05) is 0 Å². The zero-order valence-electron chi connectivity index (χ0n) is 24.8. The van der Waals surface area contributed by atoms with Crippen LogP contribution in [0.1, 0.15) is 46.0 Å². The highest BCUT2D eigenvalue weighted by Crippen LogP contribution is 2.28. The molecule has 3 rings (SSSR count). The van der Waals surface area contributed by atoms with Gasteiger partial charge in [0.2, 0.25) is 18.7 Å². The van der Waals surface area contributed by atoms with E-state index in [-0.39, 0.29) is 11.4 Å². The van der Waals surface area contributed by atoms with Crippen LogP contribution in [0.5, 0.6) is 5.75 Å². The van der Waals surface area contributed by atoms with Gasteiger partial charge in [0.05, 0.1) is 23.9 Å². The van der Waals surface area contributed by atoms with Crippen molar-refractivity contribution in [2.24, 2.45) is 4.99 Å². The van der Waals surface area contributed by atoms with E-state index in [9.17, 15) is 33.9 Å². The minimum absolute atomic E-state index is 0.0947. The van der Waals surface area contributed by atoms with E-state index in [1.54, 1.807) is 69.3 Å². The summed E-state index contributed by atoms with van der Waals surface area (Å²) in [5.74, 6) is -2.43. The van der Waals surface area contributed by atoms with Gasteiger partial charge in [-0.05, 0) is 62.2 Å². The topological polar surface area (TPSA) is 195 Å². The van der Waals surface area contributed by atoms with Gasteiger partial charge in [0.25, 0.3) is 5.91 Å². The smallest absolute Gasteiger partial charge is 0.305 e. The third-order valence-electron chi connectivity index (χ3n) is 6.60. The Morgan fingerprint density at radius 3 is 2.18 bits per heavy atom. The summed E-state index contributed by atoms with van der Waals surface area (Å²) in [6.07, 6.45) is -0.308. The number of amides is 4. The van der Waals surface area contributed by atoms with Crippen LogP contribution in [0.4, 0.5) is 11.4 Å². The molecule has 0 radical (unpaired) electrons. The highest BCUT2D eigenvalue weighted by Gasteiger charge is 2.23. The number of aliphatic carboxylic acids is 1. The fourth-order valence-electron chi connectivity index (χ4n) is 4.52. The van der Waals surface area contributed by atoms with Crippen molar-refractivity contribution >= 4 is 54.0 Å². The molecule has 0 fully saturated rings. The maximum atomic E-state index is 13.1. The van der Waals surface area contributed by atoms with Crippen LogP contribution < -0.4 is 20.9 Å². The van der Waals surface area contributed by atoms with E-state index < -0.39 is 43.0 Å². The van der Waals surface area contributed by atoms with Gasteiger partial charge in [-0.2, -0.15) is 0 Å². The largest absolute Gasteiger partial charge is 0.507 e. The number of nitrogens with one attached hydrogen (secondary N) is 3. The maximum absolute atomic E-state index is 13.1. The monoisotopic (exact) mass is 615 g/mol. The maximum Gasteiger partial charge on any atom is 0.305 e.